The minimum atomic E-state index is -0.866. The quantitative estimate of drug-likeness (QED) is 0.702. The number of rotatable bonds is 6. The molecule has 1 aromatic heterocycles. The van der Waals surface area contributed by atoms with Gasteiger partial charge in [-0.3, -0.25) is 4.79 Å². The van der Waals surface area contributed by atoms with Crippen LogP contribution in [-0.2, 0) is 7.05 Å². The minimum Gasteiger partial charge on any atom is -0.508 e. The zero-order valence-electron chi connectivity index (χ0n) is 15.5. The second kappa shape index (κ2) is 8.10. The number of aromatic nitrogens is 1. The maximum atomic E-state index is 13.0. The Hall–Kier alpha value is -3.05. The zero-order valence-corrected chi connectivity index (χ0v) is 15.5. The molecule has 0 saturated carbocycles. The fourth-order valence-corrected chi connectivity index (χ4v) is 3.19. The molecule has 1 atom stereocenters. The van der Waals surface area contributed by atoms with E-state index in [1.807, 2.05) is 61.0 Å². The first-order valence-corrected chi connectivity index (χ1v) is 8.98. The van der Waals surface area contributed by atoms with Crippen LogP contribution in [0.15, 0.2) is 66.7 Å². The highest BCUT2D eigenvalue weighted by atomic mass is 16.3. The van der Waals surface area contributed by atoms with E-state index in [1.165, 1.54) is 6.07 Å². The van der Waals surface area contributed by atoms with Crippen molar-refractivity contribution in [3.63, 3.8) is 0 Å². The van der Waals surface area contributed by atoms with E-state index >= 15 is 0 Å². The summed E-state index contributed by atoms with van der Waals surface area (Å²) in [5.74, 6) is -0.0442. The summed E-state index contributed by atoms with van der Waals surface area (Å²) < 4.78 is 1.88. The van der Waals surface area contributed by atoms with Crippen molar-refractivity contribution in [2.24, 2.45) is 7.05 Å². The lowest BCUT2D eigenvalue weighted by Crippen LogP contribution is -2.35. The average Bonchev–Trinajstić information content (AvgIpc) is 3.07. The molecule has 0 radical (unpaired) electrons. The van der Waals surface area contributed by atoms with Crippen molar-refractivity contribution in [2.45, 2.75) is 13.0 Å². The van der Waals surface area contributed by atoms with E-state index in [9.17, 15) is 15.0 Å². The summed E-state index contributed by atoms with van der Waals surface area (Å²) in [6.07, 6.45) is -0.866. The number of phenols is 1. The molecular weight excluding hydrogens is 340 g/mol. The molecule has 1 heterocycles. The van der Waals surface area contributed by atoms with E-state index in [-0.39, 0.29) is 18.2 Å². The second-order valence-electron chi connectivity index (χ2n) is 6.48. The number of hydrogen-bond acceptors (Lipinski definition) is 3. The van der Waals surface area contributed by atoms with Crippen molar-refractivity contribution in [3.05, 3.63) is 78.0 Å². The van der Waals surface area contributed by atoms with E-state index in [0.717, 1.165) is 11.3 Å². The summed E-state index contributed by atoms with van der Waals surface area (Å²) in [6.45, 7) is 2.51. The van der Waals surface area contributed by atoms with Gasteiger partial charge in [0.15, 0.2) is 0 Å². The Labute approximate surface area is 159 Å². The van der Waals surface area contributed by atoms with Gasteiger partial charge in [-0.25, -0.2) is 0 Å². The molecule has 0 saturated heterocycles. The van der Waals surface area contributed by atoms with Crippen LogP contribution in [0.5, 0.6) is 5.75 Å². The highest BCUT2D eigenvalue weighted by Crippen LogP contribution is 2.23. The highest BCUT2D eigenvalue weighted by molar-refractivity contribution is 5.94. The van der Waals surface area contributed by atoms with Gasteiger partial charge in [0.2, 0.25) is 0 Å². The number of likely N-dealkylation sites (N-methyl/N-ethyl adjacent to an activating group) is 1. The number of aromatic hydroxyl groups is 1. The molecule has 2 aromatic carbocycles. The number of phenolic OH excluding ortho intramolecular Hbond substituents is 1. The van der Waals surface area contributed by atoms with Gasteiger partial charge in [0.25, 0.3) is 5.91 Å². The van der Waals surface area contributed by atoms with Crippen LogP contribution in [0.4, 0.5) is 0 Å². The van der Waals surface area contributed by atoms with Crippen LogP contribution in [0.3, 0.4) is 0 Å². The molecule has 3 aromatic rings. The predicted octanol–water partition coefficient (Wildman–Crippen LogP) is 3.59. The van der Waals surface area contributed by atoms with Gasteiger partial charge in [-0.1, -0.05) is 42.5 Å². The number of hydrogen-bond donors (Lipinski definition) is 2. The molecule has 0 aliphatic carbocycles. The lowest BCUT2D eigenvalue weighted by molar-refractivity contribution is 0.0626. The Morgan fingerprint density at radius 1 is 1.07 bits per heavy atom. The molecule has 2 N–H and O–H groups in total. The summed E-state index contributed by atoms with van der Waals surface area (Å²) in [7, 11) is 1.87. The van der Waals surface area contributed by atoms with Crippen LogP contribution in [0.1, 0.15) is 29.1 Å². The van der Waals surface area contributed by atoms with Crippen molar-refractivity contribution in [1.82, 2.24) is 9.47 Å². The summed E-state index contributed by atoms with van der Waals surface area (Å²) in [4.78, 5) is 14.6. The standard InChI is InChI=1S/C22H24N2O3/c1-3-24(15-21(26)17-10-7-11-18(25)14-17)22(27)20-13-12-19(23(20)2)16-8-5-4-6-9-16/h4-14,21,25-26H,3,15H2,1-2H3/t21-/m1/s1. The molecular formula is C22H24N2O3. The molecule has 5 heteroatoms. The van der Waals surface area contributed by atoms with Gasteiger partial charge in [0.1, 0.15) is 11.4 Å². The van der Waals surface area contributed by atoms with E-state index in [1.54, 1.807) is 23.1 Å². The maximum absolute atomic E-state index is 13.0. The highest BCUT2D eigenvalue weighted by Gasteiger charge is 2.22. The Morgan fingerprint density at radius 3 is 2.48 bits per heavy atom. The molecule has 27 heavy (non-hydrogen) atoms. The van der Waals surface area contributed by atoms with Gasteiger partial charge >= 0.3 is 0 Å². The van der Waals surface area contributed by atoms with Crippen molar-refractivity contribution in [1.29, 1.82) is 0 Å². The second-order valence-corrected chi connectivity index (χ2v) is 6.48. The Bertz CT molecular complexity index is 918. The van der Waals surface area contributed by atoms with Gasteiger partial charge in [-0.05, 0) is 42.3 Å². The van der Waals surface area contributed by atoms with Gasteiger partial charge in [-0.2, -0.15) is 0 Å². The van der Waals surface area contributed by atoms with Crippen molar-refractivity contribution in [3.8, 4) is 17.0 Å². The van der Waals surface area contributed by atoms with E-state index in [2.05, 4.69) is 0 Å². The normalized spacial score (nSPS) is 12.0. The molecule has 0 aliphatic rings. The molecule has 5 nitrogen and oxygen atoms in total. The molecule has 0 unspecified atom stereocenters. The molecule has 0 fully saturated rings. The number of carbonyl (C=O) groups is 1. The van der Waals surface area contributed by atoms with Crippen LogP contribution in [-0.4, -0.2) is 38.7 Å². The molecule has 1 amide bonds. The SMILES string of the molecule is CCN(C[C@@H](O)c1cccc(O)c1)C(=O)c1ccc(-c2ccccc2)n1C. The monoisotopic (exact) mass is 364 g/mol. The van der Waals surface area contributed by atoms with Gasteiger partial charge < -0.3 is 19.7 Å². The molecule has 140 valence electrons. The fourth-order valence-electron chi connectivity index (χ4n) is 3.19. The van der Waals surface area contributed by atoms with Crippen LogP contribution in [0.2, 0.25) is 0 Å². The number of aliphatic hydroxyl groups excluding tert-OH is 1. The number of carbonyl (C=O) groups excluding carboxylic acids is 1. The molecule has 0 spiro atoms. The first kappa shape index (κ1) is 18.7. The van der Waals surface area contributed by atoms with Crippen LogP contribution >= 0.6 is 0 Å². The summed E-state index contributed by atoms with van der Waals surface area (Å²) in [5, 5.41) is 20.1. The topological polar surface area (TPSA) is 65.7 Å². The molecule has 0 bridgehead atoms. The number of nitrogens with zero attached hydrogens (tertiary/aromatic N) is 2. The number of benzene rings is 2. The van der Waals surface area contributed by atoms with Crippen molar-refractivity contribution >= 4 is 5.91 Å². The third-order valence-electron chi connectivity index (χ3n) is 4.73. The predicted molar refractivity (Wildman–Crippen MR) is 105 cm³/mol. The van der Waals surface area contributed by atoms with Crippen molar-refractivity contribution in [2.75, 3.05) is 13.1 Å². The van der Waals surface area contributed by atoms with Gasteiger partial charge in [0, 0.05) is 19.3 Å². The van der Waals surface area contributed by atoms with E-state index in [0.29, 0.717) is 17.8 Å². The van der Waals surface area contributed by atoms with Crippen LogP contribution in [0.25, 0.3) is 11.3 Å². The smallest absolute Gasteiger partial charge is 0.270 e. The first-order valence-electron chi connectivity index (χ1n) is 8.98. The summed E-state index contributed by atoms with van der Waals surface area (Å²) in [5.41, 5.74) is 3.15. The van der Waals surface area contributed by atoms with E-state index in [4.69, 9.17) is 0 Å². The number of amides is 1. The van der Waals surface area contributed by atoms with Crippen LogP contribution < -0.4 is 0 Å². The zero-order chi connectivity index (χ0) is 19.4. The van der Waals surface area contributed by atoms with Gasteiger partial charge in [0.05, 0.1) is 12.6 Å². The summed E-state index contributed by atoms with van der Waals surface area (Å²) >= 11 is 0. The minimum absolute atomic E-state index is 0.0934. The average molecular weight is 364 g/mol. The summed E-state index contributed by atoms with van der Waals surface area (Å²) in [6, 6.07) is 20.1. The Kier molecular flexibility index (Phi) is 5.62. The Balaban J connectivity index is 1.80. The van der Waals surface area contributed by atoms with E-state index < -0.39 is 6.10 Å². The van der Waals surface area contributed by atoms with Crippen molar-refractivity contribution < 1.29 is 15.0 Å². The largest absolute Gasteiger partial charge is 0.508 e. The third-order valence-corrected chi connectivity index (χ3v) is 4.73. The molecule has 3 rings (SSSR count). The first-order chi connectivity index (χ1) is 13.0. The third kappa shape index (κ3) is 4.04. The lowest BCUT2D eigenvalue weighted by atomic mass is 10.1. The number of aliphatic hydroxyl groups is 1. The lowest BCUT2D eigenvalue weighted by Gasteiger charge is -2.24. The van der Waals surface area contributed by atoms with Crippen LogP contribution in [0, 0.1) is 0 Å². The maximum Gasteiger partial charge on any atom is 0.270 e. The Morgan fingerprint density at radius 2 is 1.81 bits per heavy atom. The fraction of sp³-hybridized carbons (Fsp3) is 0.227. The van der Waals surface area contributed by atoms with Gasteiger partial charge in [-0.15, -0.1) is 0 Å². The molecule has 0 aliphatic heterocycles.